The van der Waals surface area contributed by atoms with E-state index in [1.54, 1.807) is 17.0 Å². The molecule has 1 aliphatic rings. The monoisotopic (exact) mass is 440 g/mol. The molecule has 0 aromatic heterocycles. The quantitative estimate of drug-likeness (QED) is 0.484. The lowest BCUT2D eigenvalue weighted by Gasteiger charge is -2.32. The Bertz CT molecular complexity index is 953. The number of nitrogens with one attached hydrogen (secondary N) is 1. The normalized spacial score (nSPS) is 14.7. The van der Waals surface area contributed by atoms with Crippen molar-refractivity contribution < 1.29 is 24.2 Å². The van der Waals surface area contributed by atoms with Crippen molar-refractivity contribution in [1.29, 1.82) is 0 Å². The number of carbonyl (C=O) groups excluding carboxylic acids is 2. The molecular weight excluding hydrogens is 408 g/mol. The van der Waals surface area contributed by atoms with Crippen molar-refractivity contribution in [3.63, 3.8) is 0 Å². The van der Waals surface area contributed by atoms with Crippen molar-refractivity contribution in [2.75, 3.05) is 18.1 Å². The zero-order valence-corrected chi connectivity index (χ0v) is 19.2. The molecule has 1 aliphatic heterocycles. The van der Waals surface area contributed by atoms with Crippen LogP contribution in [0.1, 0.15) is 45.2 Å². The molecule has 2 N–H and O–H groups in total. The van der Waals surface area contributed by atoms with Gasteiger partial charge in [-0.1, -0.05) is 30.3 Å². The maximum Gasteiger partial charge on any atom is 0.308 e. The van der Waals surface area contributed by atoms with Gasteiger partial charge in [-0.15, -0.1) is 0 Å². The van der Waals surface area contributed by atoms with Gasteiger partial charge < -0.3 is 24.8 Å². The third-order valence-corrected chi connectivity index (χ3v) is 5.10. The van der Waals surface area contributed by atoms with E-state index in [2.05, 4.69) is 5.32 Å². The second kappa shape index (κ2) is 10.1. The number of ether oxygens (including phenoxy) is 2. The minimum Gasteiger partial charge on any atom is -0.490 e. The summed E-state index contributed by atoms with van der Waals surface area (Å²) >= 11 is 0. The number of anilines is 1. The standard InChI is InChI=1S/C25H32N2O5/c1-17(28)32-22-12-11-21(31-16-19(29)14-26-25(2,3)4)20-10-13-23(30)27(24(20)22)15-18-8-6-5-7-9-18/h5-9,11-12,19,26,29H,10,13-16H2,1-4H3. The molecule has 0 saturated heterocycles. The van der Waals surface area contributed by atoms with Crippen LogP contribution in [0.2, 0.25) is 0 Å². The number of fused-ring (bicyclic) bond motifs is 1. The van der Waals surface area contributed by atoms with Crippen LogP contribution in [0.15, 0.2) is 42.5 Å². The van der Waals surface area contributed by atoms with E-state index in [1.807, 2.05) is 51.1 Å². The largest absolute Gasteiger partial charge is 0.490 e. The Hall–Kier alpha value is -2.90. The Morgan fingerprint density at radius 1 is 1.12 bits per heavy atom. The average molecular weight is 441 g/mol. The predicted molar refractivity (Wildman–Crippen MR) is 123 cm³/mol. The lowest BCUT2D eigenvalue weighted by Crippen LogP contribution is -2.42. The third kappa shape index (κ3) is 6.31. The molecule has 2 aromatic rings. The van der Waals surface area contributed by atoms with Crippen molar-refractivity contribution in [1.82, 2.24) is 5.32 Å². The topological polar surface area (TPSA) is 88.1 Å². The number of hydrogen-bond acceptors (Lipinski definition) is 6. The van der Waals surface area contributed by atoms with Crippen LogP contribution in [0.5, 0.6) is 11.5 Å². The van der Waals surface area contributed by atoms with Crippen LogP contribution in [0.4, 0.5) is 5.69 Å². The molecule has 1 heterocycles. The first kappa shape index (κ1) is 23.8. The molecule has 0 radical (unpaired) electrons. The van der Waals surface area contributed by atoms with Crippen molar-refractivity contribution in [3.8, 4) is 11.5 Å². The van der Waals surface area contributed by atoms with E-state index in [0.29, 0.717) is 43.1 Å². The maximum absolute atomic E-state index is 12.9. The molecule has 7 nitrogen and oxygen atoms in total. The number of carbonyl (C=O) groups is 2. The van der Waals surface area contributed by atoms with Gasteiger partial charge in [0.15, 0.2) is 5.75 Å². The molecule has 1 atom stereocenters. The van der Waals surface area contributed by atoms with Gasteiger partial charge in [0.1, 0.15) is 18.5 Å². The molecule has 0 aliphatic carbocycles. The van der Waals surface area contributed by atoms with Crippen LogP contribution < -0.4 is 19.7 Å². The van der Waals surface area contributed by atoms with Gasteiger partial charge >= 0.3 is 5.97 Å². The van der Waals surface area contributed by atoms with E-state index in [1.165, 1.54) is 6.92 Å². The van der Waals surface area contributed by atoms with Gasteiger partial charge in [0.25, 0.3) is 0 Å². The zero-order chi connectivity index (χ0) is 23.3. The number of esters is 1. The minimum atomic E-state index is -0.691. The molecule has 0 fully saturated rings. The van der Waals surface area contributed by atoms with Crippen LogP contribution in [0.3, 0.4) is 0 Å². The van der Waals surface area contributed by atoms with Crippen molar-refractivity contribution in [3.05, 3.63) is 53.6 Å². The highest BCUT2D eigenvalue weighted by molar-refractivity contribution is 5.99. The second-order valence-corrected chi connectivity index (χ2v) is 9.04. The molecule has 1 unspecified atom stereocenters. The highest BCUT2D eigenvalue weighted by Gasteiger charge is 2.31. The van der Waals surface area contributed by atoms with E-state index in [-0.39, 0.29) is 18.1 Å². The number of aliphatic hydroxyl groups is 1. The number of benzene rings is 2. The van der Waals surface area contributed by atoms with E-state index < -0.39 is 12.1 Å². The van der Waals surface area contributed by atoms with Gasteiger partial charge in [-0.05, 0) is 44.9 Å². The fraction of sp³-hybridized carbons (Fsp3) is 0.440. The van der Waals surface area contributed by atoms with E-state index >= 15 is 0 Å². The Morgan fingerprint density at radius 2 is 1.81 bits per heavy atom. The number of amides is 1. The van der Waals surface area contributed by atoms with Crippen molar-refractivity contribution in [2.24, 2.45) is 0 Å². The smallest absolute Gasteiger partial charge is 0.308 e. The van der Waals surface area contributed by atoms with Gasteiger partial charge in [0.2, 0.25) is 5.91 Å². The zero-order valence-electron chi connectivity index (χ0n) is 19.2. The highest BCUT2D eigenvalue weighted by atomic mass is 16.5. The number of hydrogen-bond donors (Lipinski definition) is 2. The Morgan fingerprint density at radius 3 is 2.47 bits per heavy atom. The van der Waals surface area contributed by atoms with E-state index in [4.69, 9.17) is 9.47 Å². The average Bonchev–Trinajstić information content (AvgIpc) is 2.73. The lowest BCUT2D eigenvalue weighted by molar-refractivity contribution is -0.132. The van der Waals surface area contributed by atoms with Crippen LogP contribution in [-0.4, -0.2) is 41.8 Å². The molecule has 7 heteroatoms. The van der Waals surface area contributed by atoms with Crippen LogP contribution in [0, 0.1) is 0 Å². The molecular formula is C25H32N2O5. The Labute approximate surface area is 189 Å². The van der Waals surface area contributed by atoms with Crippen LogP contribution in [0.25, 0.3) is 0 Å². The second-order valence-electron chi connectivity index (χ2n) is 9.04. The summed E-state index contributed by atoms with van der Waals surface area (Å²) in [5.74, 6) is 0.415. The van der Waals surface area contributed by atoms with Gasteiger partial charge in [-0.2, -0.15) is 0 Å². The van der Waals surface area contributed by atoms with E-state index in [9.17, 15) is 14.7 Å². The number of β-amino-alcohol motifs (C(OH)–C–C–N with tert-alkyl or cyclic N) is 1. The third-order valence-electron chi connectivity index (χ3n) is 5.10. The molecule has 2 aromatic carbocycles. The Kier molecular flexibility index (Phi) is 7.53. The molecule has 32 heavy (non-hydrogen) atoms. The summed E-state index contributed by atoms with van der Waals surface area (Å²) in [7, 11) is 0. The first-order chi connectivity index (χ1) is 15.1. The molecule has 0 bridgehead atoms. The first-order valence-electron chi connectivity index (χ1n) is 10.9. The van der Waals surface area contributed by atoms with Gasteiger partial charge in [0.05, 0.1) is 12.2 Å². The summed E-state index contributed by atoms with van der Waals surface area (Å²) in [6.45, 7) is 8.30. The molecule has 0 saturated carbocycles. The molecule has 172 valence electrons. The highest BCUT2D eigenvalue weighted by Crippen LogP contribution is 2.43. The maximum atomic E-state index is 12.9. The Balaban J connectivity index is 1.88. The fourth-order valence-electron chi connectivity index (χ4n) is 3.60. The first-order valence-corrected chi connectivity index (χ1v) is 10.9. The van der Waals surface area contributed by atoms with Crippen molar-refractivity contribution in [2.45, 2.75) is 58.7 Å². The van der Waals surface area contributed by atoms with Gasteiger partial charge in [0, 0.05) is 31.0 Å². The van der Waals surface area contributed by atoms with Gasteiger partial charge in [-0.3, -0.25) is 9.59 Å². The van der Waals surface area contributed by atoms with Crippen LogP contribution >= 0.6 is 0 Å². The number of rotatable bonds is 8. The summed E-state index contributed by atoms with van der Waals surface area (Å²) in [6, 6.07) is 13.0. The number of aliphatic hydroxyl groups excluding tert-OH is 1. The summed E-state index contributed by atoms with van der Waals surface area (Å²) in [4.78, 5) is 26.2. The number of nitrogens with zero attached hydrogens (tertiary/aromatic N) is 1. The fourth-order valence-corrected chi connectivity index (χ4v) is 3.60. The molecule has 0 spiro atoms. The molecule has 1 amide bonds. The summed E-state index contributed by atoms with van der Waals surface area (Å²) in [5, 5.41) is 13.6. The molecule has 3 rings (SSSR count). The SMILES string of the molecule is CC(=O)Oc1ccc(OCC(O)CNC(C)(C)C)c2c1N(Cc1ccccc1)C(=O)CC2. The van der Waals surface area contributed by atoms with Crippen molar-refractivity contribution >= 4 is 17.6 Å². The van der Waals surface area contributed by atoms with Crippen LogP contribution in [-0.2, 0) is 22.6 Å². The summed E-state index contributed by atoms with van der Waals surface area (Å²) in [5.41, 5.74) is 2.22. The summed E-state index contributed by atoms with van der Waals surface area (Å²) in [6.07, 6.45) is 0.109. The van der Waals surface area contributed by atoms with Gasteiger partial charge in [-0.25, -0.2) is 0 Å². The predicted octanol–water partition coefficient (Wildman–Crippen LogP) is 3.22. The lowest BCUT2D eigenvalue weighted by atomic mass is 9.98. The van der Waals surface area contributed by atoms with E-state index in [0.717, 1.165) is 11.1 Å². The minimum absolute atomic E-state index is 0.0404. The summed E-state index contributed by atoms with van der Waals surface area (Å²) < 4.78 is 11.4.